The van der Waals surface area contributed by atoms with Crippen molar-refractivity contribution in [3.8, 4) is 0 Å². The lowest BCUT2D eigenvalue weighted by molar-refractivity contribution is -0.140. The molecule has 1 atom stereocenters. The third-order valence-corrected chi connectivity index (χ3v) is 5.26. The molecule has 4 nitrogen and oxygen atoms in total. The lowest BCUT2D eigenvalue weighted by atomic mass is 10.0. The van der Waals surface area contributed by atoms with E-state index in [0.717, 1.165) is 22.3 Å². The van der Waals surface area contributed by atoms with Gasteiger partial charge in [0.05, 0.1) is 6.42 Å². The van der Waals surface area contributed by atoms with Crippen molar-refractivity contribution in [3.05, 3.63) is 107 Å². The molecule has 0 aliphatic rings. The maximum Gasteiger partial charge on any atom is 0.243 e. The molecule has 2 amide bonds. The fraction of sp³-hybridized carbons (Fsp3) is 0.259. The molecule has 0 unspecified atom stereocenters. The van der Waals surface area contributed by atoms with Gasteiger partial charge in [-0.3, -0.25) is 9.59 Å². The first-order valence-electron chi connectivity index (χ1n) is 10.8. The van der Waals surface area contributed by atoms with E-state index in [-0.39, 0.29) is 18.2 Å². The number of aryl methyl sites for hydroxylation is 1. The van der Waals surface area contributed by atoms with Crippen LogP contribution < -0.4 is 5.32 Å². The van der Waals surface area contributed by atoms with Gasteiger partial charge in [-0.25, -0.2) is 0 Å². The fourth-order valence-corrected chi connectivity index (χ4v) is 3.72. The zero-order chi connectivity index (χ0) is 22.1. The molecule has 0 bridgehead atoms. The number of hydrogen-bond acceptors (Lipinski definition) is 2. The van der Waals surface area contributed by atoms with Crippen LogP contribution in [-0.2, 0) is 29.0 Å². The Morgan fingerprint density at radius 1 is 0.839 bits per heavy atom. The molecule has 3 aromatic carbocycles. The van der Waals surface area contributed by atoms with Crippen molar-refractivity contribution < 1.29 is 9.59 Å². The Morgan fingerprint density at radius 2 is 1.45 bits per heavy atom. The second kappa shape index (κ2) is 11.1. The monoisotopic (exact) mass is 414 g/mol. The van der Waals surface area contributed by atoms with E-state index in [9.17, 15) is 9.59 Å². The highest BCUT2D eigenvalue weighted by molar-refractivity contribution is 5.88. The average molecular weight is 415 g/mol. The summed E-state index contributed by atoms with van der Waals surface area (Å²) in [4.78, 5) is 28.3. The van der Waals surface area contributed by atoms with E-state index in [1.807, 2.05) is 98.8 Å². The number of hydrogen-bond donors (Lipinski definition) is 1. The Labute approximate surface area is 184 Å². The molecular weight excluding hydrogens is 384 g/mol. The van der Waals surface area contributed by atoms with Gasteiger partial charge >= 0.3 is 0 Å². The van der Waals surface area contributed by atoms with E-state index in [1.54, 1.807) is 4.90 Å². The Morgan fingerprint density at radius 3 is 2.06 bits per heavy atom. The molecule has 4 heteroatoms. The van der Waals surface area contributed by atoms with E-state index in [4.69, 9.17) is 0 Å². The lowest BCUT2D eigenvalue weighted by Crippen LogP contribution is -2.50. The second-order valence-corrected chi connectivity index (χ2v) is 7.77. The summed E-state index contributed by atoms with van der Waals surface area (Å²) in [6.45, 7) is 4.83. The van der Waals surface area contributed by atoms with Crippen LogP contribution in [0.15, 0.2) is 84.9 Å². The smallest absolute Gasteiger partial charge is 0.243 e. The highest BCUT2D eigenvalue weighted by Gasteiger charge is 2.30. The average Bonchev–Trinajstić information content (AvgIpc) is 2.77. The van der Waals surface area contributed by atoms with Crippen molar-refractivity contribution in [1.82, 2.24) is 10.2 Å². The first-order valence-corrected chi connectivity index (χ1v) is 10.8. The van der Waals surface area contributed by atoms with Crippen LogP contribution in [0.3, 0.4) is 0 Å². The summed E-state index contributed by atoms with van der Waals surface area (Å²) in [6, 6.07) is 27.1. The maximum absolute atomic E-state index is 13.5. The maximum atomic E-state index is 13.5. The summed E-state index contributed by atoms with van der Waals surface area (Å²) in [6.07, 6.45) is 0.734. The number of amides is 2. The Hall–Kier alpha value is -3.40. The summed E-state index contributed by atoms with van der Waals surface area (Å²) in [7, 11) is 0. The molecule has 0 aliphatic carbocycles. The fourth-order valence-electron chi connectivity index (χ4n) is 3.72. The van der Waals surface area contributed by atoms with Crippen molar-refractivity contribution in [2.75, 3.05) is 6.54 Å². The molecule has 0 aliphatic heterocycles. The number of carbonyl (C=O) groups is 2. The van der Waals surface area contributed by atoms with E-state index in [2.05, 4.69) is 5.32 Å². The molecule has 0 spiro atoms. The number of likely N-dealkylation sites (N-methyl/N-ethyl adjacent to an activating group) is 1. The van der Waals surface area contributed by atoms with Crippen LogP contribution in [0.25, 0.3) is 0 Å². The predicted molar refractivity (Wildman–Crippen MR) is 124 cm³/mol. The Balaban J connectivity index is 1.93. The second-order valence-electron chi connectivity index (χ2n) is 7.77. The van der Waals surface area contributed by atoms with Gasteiger partial charge < -0.3 is 10.2 Å². The normalized spacial score (nSPS) is 11.5. The van der Waals surface area contributed by atoms with Gasteiger partial charge in [-0.2, -0.15) is 0 Å². The minimum absolute atomic E-state index is 0.0540. The van der Waals surface area contributed by atoms with Crippen molar-refractivity contribution in [2.24, 2.45) is 0 Å². The van der Waals surface area contributed by atoms with Gasteiger partial charge in [0.1, 0.15) is 6.04 Å². The SMILES string of the molecule is CCNC(=O)[C@@H](Cc1ccccc1)N(Cc1ccccc1)C(=O)Cc1cccc(C)c1. The number of rotatable bonds is 9. The quantitative estimate of drug-likeness (QED) is 0.567. The number of nitrogens with zero attached hydrogens (tertiary/aromatic N) is 1. The topological polar surface area (TPSA) is 49.4 Å². The standard InChI is InChI=1S/C27H30N2O2/c1-3-28-27(31)25(18-22-12-6-4-7-13-22)29(20-23-14-8-5-9-15-23)26(30)19-24-16-10-11-21(2)17-24/h4-17,25H,3,18-20H2,1-2H3,(H,28,31)/t25-/m1/s1. The summed E-state index contributed by atoms with van der Waals surface area (Å²) in [5.41, 5.74) is 4.10. The summed E-state index contributed by atoms with van der Waals surface area (Å²) in [5.74, 6) is -0.179. The van der Waals surface area contributed by atoms with Crippen molar-refractivity contribution in [1.29, 1.82) is 0 Å². The molecule has 0 saturated carbocycles. The van der Waals surface area contributed by atoms with Gasteiger partial charge in [0.25, 0.3) is 0 Å². The molecule has 3 rings (SSSR count). The van der Waals surface area contributed by atoms with Gasteiger partial charge in [0, 0.05) is 19.5 Å². The zero-order valence-electron chi connectivity index (χ0n) is 18.3. The molecule has 0 saturated heterocycles. The third-order valence-electron chi connectivity index (χ3n) is 5.26. The van der Waals surface area contributed by atoms with Crippen LogP contribution in [0, 0.1) is 6.92 Å². The molecule has 1 N–H and O–H groups in total. The summed E-state index contributed by atoms with van der Waals surface area (Å²) < 4.78 is 0. The van der Waals surface area contributed by atoms with Gasteiger partial charge in [-0.1, -0.05) is 90.5 Å². The van der Waals surface area contributed by atoms with E-state index >= 15 is 0 Å². The van der Waals surface area contributed by atoms with Gasteiger partial charge in [-0.15, -0.1) is 0 Å². The molecule has 160 valence electrons. The first kappa shape index (κ1) is 22.3. The third kappa shape index (κ3) is 6.54. The van der Waals surface area contributed by atoms with Crippen LogP contribution in [0.5, 0.6) is 0 Å². The number of nitrogens with one attached hydrogen (secondary N) is 1. The van der Waals surface area contributed by atoms with Crippen LogP contribution in [-0.4, -0.2) is 29.3 Å². The van der Waals surface area contributed by atoms with Crippen LogP contribution in [0.2, 0.25) is 0 Å². The van der Waals surface area contributed by atoms with Gasteiger partial charge in [0.2, 0.25) is 11.8 Å². The minimum Gasteiger partial charge on any atom is -0.355 e. The number of benzene rings is 3. The van der Waals surface area contributed by atoms with E-state index in [0.29, 0.717) is 19.5 Å². The van der Waals surface area contributed by atoms with Gasteiger partial charge in [-0.05, 0) is 30.5 Å². The molecular formula is C27H30N2O2. The van der Waals surface area contributed by atoms with Gasteiger partial charge in [0.15, 0.2) is 0 Å². The van der Waals surface area contributed by atoms with E-state index in [1.165, 1.54) is 0 Å². The Bertz CT molecular complexity index is 986. The highest BCUT2D eigenvalue weighted by Crippen LogP contribution is 2.17. The molecule has 0 aromatic heterocycles. The molecule has 0 fully saturated rings. The number of carbonyl (C=O) groups excluding carboxylic acids is 2. The van der Waals surface area contributed by atoms with Crippen molar-refractivity contribution in [2.45, 2.75) is 39.3 Å². The largest absolute Gasteiger partial charge is 0.355 e. The van der Waals surface area contributed by atoms with E-state index < -0.39 is 6.04 Å². The molecule has 0 radical (unpaired) electrons. The van der Waals surface area contributed by atoms with Crippen molar-refractivity contribution in [3.63, 3.8) is 0 Å². The van der Waals surface area contributed by atoms with Crippen LogP contribution in [0.1, 0.15) is 29.2 Å². The van der Waals surface area contributed by atoms with Crippen molar-refractivity contribution >= 4 is 11.8 Å². The highest BCUT2D eigenvalue weighted by atomic mass is 16.2. The molecule has 31 heavy (non-hydrogen) atoms. The zero-order valence-corrected chi connectivity index (χ0v) is 18.3. The summed E-state index contributed by atoms with van der Waals surface area (Å²) in [5, 5.41) is 2.93. The predicted octanol–water partition coefficient (Wildman–Crippen LogP) is 4.31. The Kier molecular flexibility index (Phi) is 7.99. The van der Waals surface area contributed by atoms with Crippen LogP contribution in [0.4, 0.5) is 0 Å². The van der Waals surface area contributed by atoms with Crippen LogP contribution >= 0.6 is 0 Å². The molecule has 0 heterocycles. The lowest BCUT2D eigenvalue weighted by Gasteiger charge is -2.31. The minimum atomic E-state index is -0.583. The molecule has 3 aromatic rings. The first-order chi connectivity index (χ1) is 15.1. The summed E-state index contributed by atoms with van der Waals surface area (Å²) >= 11 is 0.